The fraction of sp³-hybridized carbons (Fsp3) is 0.375. The van der Waals surface area contributed by atoms with Crippen molar-refractivity contribution in [2.45, 2.75) is 30.9 Å². The van der Waals surface area contributed by atoms with Crippen molar-refractivity contribution in [1.82, 2.24) is 0 Å². The predicted octanol–water partition coefficient (Wildman–Crippen LogP) is 5.37. The summed E-state index contributed by atoms with van der Waals surface area (Å²) in [6, 6.07) is 11.0. The van der Waals surface area contributed by atoms with Gasteiger partial charge in [0.15, 0.2) is 0 Å². The molecule has 1 atom stereocenters. The second-order valence-electron chi connectivity index (χ2n) is 5.06. The van der Waals surface area contributed by atoms with Gasteiger partial charge in [0.25, 0.3) is 0 Å². The highest BCUT2D eigenvalue weighted by molar-refractivity contribution is 7.98. The summed E-state index contributed by atoms with van der Waals surface area (Å²) in [4.78, 5) is 2.90. The number of halogens is 1. The number of thiophene rings is 1. The topological polar surface area (TPSA) is 0 Å². The van der Waals surface area contributed by atoms with Crippen LogP contribution >= 0.6 is 34.7 Å². The molecule has 1 aliphatic rings. The molecule has 3 heteroatoms. The summed E-state index contributed by atoms with van der Waals surface area (Å²) in [5.41, 5.74) is 4.16. The minimum atomic E-state index is 0.113. The van der Waals surface area contributed by atoms with Crippen LogP contribution in [0.3, 0.4) is 0 Å². The molecule has 0 N–H and O–H groups in total. The zero-order valence-electron chi connectivity index (χ0n) is 11.0. The molecular formula is C16H17ClS2. The van der Waals surface area contributed by atoms with Gasteiger partial charge in [0.2, 0.25) is 0 Å². The van der Waals surface area contributed by atoms with Gasteiger partial charge in [0.05, 0.1) is 5.38 Å². The van der Waals surface area contributed by atoms with Crippen molar-refractivity contribution in [3.8, 4) is 0 Å². The lowest BCUT2D eigenvalue weighted by atomic mass is 10.1. The summed E-state index contributed by atoms with van der Waals surface area (Å²) < 4.78 is 0. The Hall–Kier alpha value is -0.440. The molecule has 2 aromatic rings. The van der Waals surface area contributed by atoms with Crippen LogP contribution in [0.15, 0.2) is 30.3 Å². The van der Waals surface area contributed by atoms with E-state index in [-0.39, 0.29) is 5.38 Å². The number of benzene rings is 1. The minimum Gasteiger partial charge on any atom is -0.157 e. The highest BCUT2D eigenvalue weighted by atomic mass is 35.5. The van der Waals surface area contributed by atoms with Crippen LogP contribution in [0.5, 0.6) is 0 Å². The molecule has 0 amide bonds. The third kappa shape index (κ3) is 3.18. The Labute approximate surface area is 128 Å². The van der Waals surface area contributed by atoms with Crippen LogP contribution in [0.2, 0.25) is 0 Å². The molecule has 0 saturated heterocycles. The van der Waals surface area contributed by atoms with Gasteiger partial charge in [-0.1, -0.05) is 29.8 Å². The first-order valence-electron chi connectivity index (χ1n) is 6.61. The van der Waals surface area contributed by atoms with Crippen molar-refractivity contribution < 1.29 is 0 Å². The molecule has 0 bridgehead atoms. The molecule has 1 aromatic heterocycles. The lowest BCUT2D eigenvalue weighted by molar-refractivity contribution is 0.937. The van der Waals surface area contributed by atoms with Gasteiger partial charge in [-0.2, -0.15) is 11.8 Å². The summed E-state index contributed by atoms with van der Waals surface area (Å²) in [7, 11) is 0. The molecule has 19 heavy (non-hydrogen) atoms. The summed E-state index contributed by atoms with van der Waals surface area (Å²) in [5, 5.41) is 0.113. The number of rotatable bonds is 3. The molecule has 1 aliphatic heterocycles. The number of hydrogen-bond acceptors (Lipinski definition) is 2. The highest BCUT2D eigenvalue weighted by Gasteiger charge is 2.18. The molecular weight excluding hydrogens is 292 g/mol. The standard InChI is InChI=1S/C16H17ClS2/c1-11-3-2-4-12(7-11)8-14(17)16-9-13-10-18-6-5-15(13)19-16/h2-4,7,9,14H,5-6,8,10H2,1H3. The van der Waals surface area contributed by atoms with Gasteiger partial charge in [-0.15, -0.1) is 22.9 Å². The average molecular weight is 309 g/mol. The van der Waals surface area contributed by atoms with Crippen molar-refractivity contribution in [1.29, 1.82) is 0 Å². The number of aryl methyl sites for hydroxylation is 2. The van der Waals surface area contributed by atoms with Gasteiger partial charge in [0, 0.05) is 15.5 Å². The van der Waals surface area contributed by atoms with Crippen LogP contribution in [0, 0.1) is 6.92 Å². The maximum Gasteiger partial charge on any atom is 0.0719 e. The molecule has 1 aromatic carbocycles. The van der Waals surface area contributed by atoms with Crippen molar-refractivity contribution in [3.63, 3.8) is 0 Å². The van der Waals surface area contributed by atoms with E-state index in [0.29, 0.717) is 0 Å². The van der Waals surface area contributed by atoms with Crippen LogP contribution < -0.4 is 0 Å². The lowest BCUT2D eigenvalue weighted by Gasteiger charge is -2.08. The van der Waals surface area contributed by atoms with Crippen molar-refractivity contribution in [2.75, 3.05) is 5.75 Å². The number of fused-ring (bicyclic) bond motifs is 1. The molecule has 100 valence electrons. The van der Waals surface area contributed by atoms with Gasteiger partial charge >= 0.3 is 0 Å². The summed E-state index contributed by atoms with van der Waals surface area (Å²) in [6.45, 7) is 2.13. The predicted molar refractivity (Wildman–Crippen MR) is 87.7 cm³/mol. The quantitative estimate of drug-likeness (QED) is 0.687. The molecule has 0 nitrogen and oxygen atoms in total. The Balaban J connectivity index is 1.76. The second-order valence-corrected chi connectivity index (χ2v) is 7.86. The van der Waals surface area contributed by atoms with Crippen LogP contribution in [0.4, 0.5) is 0 Å². The first-order chi connectivity index (χ1) is 9.22. The van der Waals surface area contributed by atoms with Gasteiger partial charge in [-0.25, -0.2) is 0 Å². The van der Waals surface area contributed by atoms with Crippen LogP contribution in [0.25, 0.3) is 0 Å². The van der Waals surface area contributed by atoms with Gasteiger partial charge in [-0.05, 0) is 42.7 Å². The van der Waals surface area contributed by atoms with Crippen LogP contribution in [0.1, 0.15) is 31.8 Å². The van der Waals surface area contributed by atoms with E-state index in [2.05, 4.69) is 37.3 Å². The zero-order chi connectivity index (χ0) is 13.2. The summed E-state index contributed by atoms with van der Waals surface area (Å²) >= 11 is 10.6. The van der Waals surface area contributed by atoms with E-state index in [0.717, 1.165) is 6.42 Å². The molecule has 3 rings (SSSR count). The number of thioether (sulfide) groups is 1. The summed E-state index contributed by atoms with van der Waals surface area (Å²) in [5.74, 6) is 2.43. The van der Waals surface area contributed by atoms with E-state index in [1.54, 1.807) is 4.88 Å². The Morgan fingerprint density at radius 3 is 3.00 bits per heavy atom. The Bertz CT molecular complexity index is 550. The molecule has 0 fully saturated rings. The van der Waals surface area contributed by atoms with Crippen molar-refractivity contribution >= 4 is 34.7 Å². The van der Waals surface area contributed by atoms with E-state index in [4.69, 9.17) is 11.6 Å². The first kappa shape index (κ1) is 13.5. The zero-order valence-corrected chi connectivity index (χ0v) is 13.4. The fourth-order valence-electron chi connectivity index (χ4n) is 2.47. The lowest BCUT2D eigenvalue weighted by Crippen LogP contribution is -1.96. The maximum absolute atomic E-state index is 6.62. The third-order valence-electron chi connectivity index (χ3n) is 3.45. The molecule has 0 saturated carbocycles. The number of alkyl halides is 1. The van der Waals surface area contributed by atoms with Crippen molar-refractivity contribution in [3.05, 3.63) is 56.8 Å². The monoisotopic (exact) mass is 308 g/mol. The van der Waals surface area contributed by atoms with Gasteiger partial charge in [-0.3, -0.25) is 0 Å². The molecule has 0 radical (unpaired) electrons. The van der Waals surface area contributed by atoms with Crippen LogP contribution in [-0.2, 0) is 18.6 Å². The van der Waals surface area contributed by atoms with E-state index >= 15 is 0 Å². The van der Waals surface area contributed by atoms with Gasteiger partial charge in [0.1, 0.15) is 0 Å². The molecule has 2 heterocycles. The SMILES string of the molecule is Cc1cccc(CC(Cl)c2cc3c(s2)CCSC3)c1. The summed E-state index contributed by atoms with van der Waals surface area (Å²) in [6.07, 6.45) is 2.15. The fourth-order valence-corrected chi connectivity index (χ4v) is 5.20. The van der Waals surface area contributed by atoms with E-state index in [9.17, 15) is 0 Å². The highest BCUT2D eigenvalue weighted by Crippen LogP contribution is 2.37. The average Bonchev–Trinajstić information content (AvgIpc) is 2.82. The smallest absolute Gasteiger partial charge is 0.0719 e. The van der Waals surface area contributed by atoms with E-state index in [1.165, 1.54) is 39.5 Å². The Morgan fingerprint density at radius 2 is 2.21 bits per heavy atom. The Kier molecular flexibility index (Phi) is 4.21. The largest absolute Gasteiger partial charge is 0.157 e. The normalized spacial score (nSPS) is 16.1. The molecule has 0 spiro atoms. The van der Waals surface area contributed by atoms with Crippen LogP contribution in [-0.4, -0.2) is 5.75 Å². The van der Waals surface area contributed by atoms with Gasteiger partial charge < -0.3 is 0 Å². The Morgan fingerprint density at radius 1 is 1.32 bits per heavy atom. The second kappa shape index (κ2) is 5.90. The van der Waals surface area contributed by atoms with Crippen molar-refractivity contribution in [2.24, 2.45) is 0 Å². The molecule has 0 aliphatic carbocycles. The third-order valence-corrected chi connectivity index (χ3v) is 6.33. The first-order valence-corrected chi connectivity index (χ1v) is 9.02. The number of hydrogen-bond donors (Lipinski definition) is 0. The maximum atomic E-state index is 6.62. The minimum absolute atomic E-state index is 0.113. The van der Waals surface area contributed by atoms with E-state index in [1.807, 2.05) is 23.1 Å². The van der Waals surface area contributed by atoms with E-state index < -0.39 is 0 Å². The molecule has 1 unspecified atom stereocenters.